The summed E-state index contributed by atoms with van der Waals surface area (Å²) in [5.41, 5.74) is -0.0729. The lowest BCUT2D eigenvalue weighted by atomic mass is 10.1. The molecule has 1 aromatic carbocycles. The van der Waals surface area contributed by atoms with E-state index in [0.717, 1.165) is 4.31 Å². The Hall–Kier alpha value is -2.65. The van der Waals surface area contributed by atoms with E-state index in [1.54, 1.807) is 33.0 Å². The van der Waals surface area contributed by atoms with Gasteiger partial charge in [0.2, 0.25) is 10.0 Å². The highest BCUT2D eigenvalue weighted by Crippen LogP contribution is 2.25. The fourth-order valence-electron chi connectivity index (χ4n) is 2.80. The van der Waals surface area contributed by atoms with E-state index in [4.69, 9.17) is 4.74 Å². The molecule has 0 aliphatic rings. The van der Waals surface area contributed by atoms with Crippen LogP contribution in [0.1, 0.15) is 20.8 Å². The van der Waals surface area contributed by atoms with Crippen molar-refractivity contribution in [2.75, 3.05) is 13.6 Å². The van der Waals surface area contributed by atoms with E-state index in [-0.39, 0.29) is 10.5 Å². The van der Waals surface area contributed by atoms with Crippen molar-refractivity contribution in [2.24, 2.45) is 0 Å². The maximum absolute atomic E-state index is 12.9. The summed E-state index contributed by atoms with van der Waals surface area (Å²) in [5, 5.41) is 1.22. The summed E-state index contributed by atoms with van der Waals surface area (Å²) in [4.78, 5) is 29.6. The molecular weight excluding hydrogens is 370 g/mol. The van der Waals surface area contributed by atoms with Gasteiger partial charge in [0, 0.05) is 29.5 Å². The highest BCUT2D eigenvalue weighted by molar-refractivity contribution is 7.89. The summed E-state index contributed by atoms with van der Waals surface area (Å²) in [7, 11) is -2.59. The van der Waals surface area contributed by atoms with Crippen LogP contribution in [0.2, 0.25) is 0 Å². The monoisotopic (exact) mass is 391 g/mol. The molecule has 0 aliphatic heterocycles. The van der Waals surface area contributed by atoms with Gasteiger partial charge in [-0.05, 0) is 45.0 Å². The standard InChI is InChI=1S/C18H21N3O5S/c1-18(2,3)26-15(22)10-21(4)27(24,25)11-5-6-14-13(9-11)12-7-8-19-16(12)17(23)20-14/h5-9,19H,10H2,1-4H3,(H,20,23). The number of likely N-dealkylation sites (N-methyl/N-ethyl adjacent to an activating group) is 1. The molecule has 144 valence electrons. The third kappa shape index (κ3) is 3.74. The number of carbonyl (C=O) groups is 1. The second kappa shape index (κ2) is 6.50. The molecule has 0 radical (unpaired) electrons. The number of aromatic amines is 2. The minimum absolute atomic E-state index is 0.0237. The number of ether oxygens (including phenoxy) is 1. The predicted molar refractivity (Wildman–Crippen MR) is 102 cm³/mol. The summed E-state index contributed by atoms with van der Waals surface area (Å²) >= 11 is 0. The van der Waals surface area contributed by atoms with Crippen LogP contribution in [-0.2, 0) is 19.6 Å². The third-order valence-electron chi connectivity index (χ3n) is 3.98. The SMILES string of the molecule is CN(CC(=O)OC(C)(C)C)S(=O)(=O)c1ccc2[nH]c(=O)c3[nH]ccc3c2c1. The van der Waals surface area contributed by atoms with Crippen molar-refractivity contribution in [3.8, 4) is 0 Å². The molecule has 27 heavy (non-hydrogen) atoms. The van der Waals surface area contributed by atoms with E-state index < -0.39 is 28.1 Å². The highest BCUT2D eigenvalue weighted by Gasteiger charge is 2.26. The first kappa shape index (κ1) is 19.1. The average Bonchev–Trinajstić information content (AvgIpc) is 3.03. The van der Waals surface area contributed by atoms with Gasteiger partial charge in [-0.3, -0.25) is 9.59 Å². The van der Waals surface area contributed by atoms with E-state index in [1.165, 1.54) is 25.2 Å². The van der Waals surface area contributed by atoms with Crippen molar-refractivity contribution in [1.82, 2.24) is 14.3 Å². The number of pyridine rings is 1. The lowest BCUT2D eigenvalue weighted by Crippen LogP contribution is -2.36. The maximum atomic E-state index is 12.9. The van der Waals surface area contributed by atoms with Crippen LogP contribution >= 0.6 is 0 Å². The lowest BCUT2D eigenvalue weighted by Gasteiger charge is -2.22. The van der Waals surface area contributed by atoms with Gasteiger partial charge in [0.1, 0.15) is 17.7 Å². The molecule has 0 saturated carbocycles. The second-order valence-electron chi connectivity index (χ2n) is 7.28. The largest absolute Gasteiger partial charge is 0.459 e. The van der Waals surface area contributed by atoms with Gasteiger partial charge >= 0.3 is 5.97 Å². The smallest absolute Gasteiger partial charge is 0.321 e. The molecule has 3 rings (SSSR count). The Morgan fingerprint density at radius 1 is 1.19 bits per heavy atom. The number of aromatic nitrogens is 2. The van der Waals surface area contributed by atoms with Gasteiger partial charge in [-0.1, -0.05) is 0 Å². The van der Waals surface area contributed by atoms with Crippen molar-refractivity contribution in [3.63, 3.8) is 0 Å². The van der Waals surface area contributed by atoms with Crippen LogP contribution in [0, 0.1) is 0 Å². The number of fused-ring (bicyclic) bond motifs is 3. The number of carbonyl (C=O) groups excluding carboxylic acids is 1. The molecule has 0 aliphatic carbocycles. The molecule has 0 atom stereocenters. The first-order valence-electron chi connectivity index (χ1n) is 8.30. The molecule has 9 heteroatoms. The van der Waals surface area contributed by atoms with Crippen LogP contribution in [0.4, 0.5) is 0 Å². The molecule has 8 nitrogen and oxygen atoms in total. The quantitative estimate of drug-likeness (QED) is 0.661. The highest BCUT2D eigenvalue weighted by atomic mass is 32.2. The first-order chi connectivity index (χ1) is 12.5. The van der Waals surface area contributed by atoms with E-state index in [1.807, 2.05) is 0 Å². The van der Waals surface area contributed by atoms with Gasteiger partial charge in [0.05, 0.1) is 4.90 Å². The van der Waals surface area contributed by atoms with E-state index in [9.17, 15) is 18.0 Å². The van der Waals surface area contributed by atoms with Crippen molar-refractivity contribution in [1.29, 1.82) is 0 Å². The third-order valence-corrected chi connectivity index (χ3v) is 5.78. The van der Waals surface area contributed by atoms with Crippen LogP contribution in [0.5, 0.6) is 0 Å². The number of sulfonamides is 1. The second-order valence-corrected chi connectivity index (χ2v) is 9.32. The Bertz CT molecular complexity index is 1190. The molecule has 0 amide bonds. The molecule has 0 saturated heterocycles. The number of hydrogen-bond donors (Lipinski definition) is 2. The van der Waals surface area contributed by atoms with E-state index in [2.05, 4.69) is 9.97 Å². The molecule has 3 aromatic rings. The minimum Gasteiger partial charge on any atom is -0.459 e. The van der Waals surface area contributed by atoms with Gasteiger partial charge < -0.3 is 14.7 Å². The Morgan fingerprint density at radius 3 is 2.56 bits per heavy atom. The number of H-pyrrole nitrogens is 2. The zero-order valence-electron chi connectivity index (χ0n) is 15.5. The molecule has 2 heterocycles. The van der Waals surface area contributed by atoms with Crippen molar-refractivity contribution in [2.45, 2.75) is 31.3 Å². The Kier molecular flexibility index (Phi) is 4.61. The maximum Gasteiger partial charge on any atom is 0.321 e. The van der Waals surface area contributed by atoms with E-state index >= 15 is 0 Å². The number of esters is 1. The summed E-state index contributed by atoms with van der Waals surface area (Å²) < 4.78 is 31.8. The zero-order valence-corrected chi connectivity index (χ0v) is 16.3. The molecule has 0 fully saturated rings. The Labute approximate surface area is 156 Å². The summed E-state index contributed by atoms with van der Waals surface area (Å²) in [5.74, 6) is -0.633. The van der Waals surface area contributed by atoms with Gasteiger partial charge in [0.25, 0.3) is 5.56 Å². The van der Waals surface area contributed by atoms with Gasteiger partial charge in [-0.2, -0.15) is 4.31 Å². The number of benzene rings is 1. The Morgan fingerprint density at radius 2 is 1.89 bits per heavy atom. The summed E-state index contributed by atoms with van der Waals surface area (Å²) in [6, 6.07) is 6.14. The summed E-state index contributed by atoms with van der Waals surface area (Å²) in [6.45, 7) is 4.74. The van der Waals surface area contributed by atoms with Crippen LogP contribution in [0.3, 0.4) is 0 Å². The molecule has 2 aromatic heterocycles. The molecule has 0 spiro atoms. The topological polar surface area (TPSA) is 112 Å². The average molecular weight is 391 g/mol. The Balaban J connectivity index is 1.99. The first-order valence-corrected chi connectivity index (χ1v) is 9.74. The van der Waals surface area contributed by atoms with Crippen molar-refractivity contribution in [3.05, 3.63) is 40.8 Å². The van der Waals surface area contributed by atoms with Gasteiger partial charge in [0.15, 0.2) is 0 Å². The predicted octanol–water partition coefficient (Wildman–Crippen LogP) is 1.97. The van der Waals surface area contributed by atoms with Crippen LogP contribution in [-0.4, -0.2) is 47.9 Å². The van der Waals surface area contributed by atoms with E-state index in [0.29, 0.717) is 21.8 Å². The minimum atomic E-state index is -3.91. The van der Waals surface area contributed by atoms with Crippen LogP contribution in [0.25, 0.3) is 21.8 Å². The number of rotatable bonds is 4. The number of nitrogens with one attached hydrogen (secondary N) is 2. The van der Waals surface area contributed by atoms with Crippen LogP contribution < -0.4 is 5.56 Å². The number of nitrogens with zero attached hydrogens (tertiary/aromatic N) is 1. The van der Waals surface area contributed by atoms with Gasteiger partial charge in [-0.25, -0.2) is 8.42 Å². The van der Waals surface area contributed by atoms with Crippen LogP contribution in [0.15, 0.2) is 40.2 Å². The fourth-order valence-corrected chi connectivity index (χ4v) is 3.94. The lowest BCUT2D eigenvalue weighted by molar-refractivity contribution is -0.154. The fraction of sp³-hybridized carbons (Fsp3) is 0.333. The normalized spacial score (nSPS) is 12.8. The summed E-state index contributed by atoms with van der Waals surface area (Å²) in [6.07, 6.45) is 1.62. The molecule has 0 bridgehead atoms. The van der Waals surface area contributed by atoms with Gasteiger partial charge in [-0.15, -0.1) is 0 Å². The zero-order chi connectivity index (χ0) is 20.0. The molecule has 2 N–H and O–H groups in total. The van der Waals surface area contributed by atoms with Crippen molar-refractivity contribution < 1.29 is 17.9 Å². The molecular formula is C18H21N3O5S. The van der Waals surface area contributed by atoms with Crippen molar-refractivity contribution >= 4 is 37.8 Å². The number of hydrogen-bond acceptors (Lipinski definition) is 5. The molecule has 0 unspecified atom stereocenters.